The third-order valence-electron chi connectivity index (χ3n) is 3.09. The molecular weight excluding hydrogens is 312 g/mol. The average molecular weight is 328 g/mol. The summed E-state index contributed by atoms with van der Waals surface area (Å²) in [4.78, 5) is 16.9. The van der Waals surface area contributed by atoms with Crippen LogP contribution >= 0.6 is 11.3 Å². The lowest BCUT2D eigenvalue weighted by atomic mass is 10.2. The van der Waals surface area contributed by atoms with Crippen molar-refractivity contribution >= 4 is 23.1 Å². The number of carbonyl (C=O) groups excluding carboxylic acids is 1. The van der Waals surface area contributed by atoms with Crippen LogP contribution in [0.4, 0.5) is 10.5 Å². The van der Waals surface area contributed by atoms with E-state index in [0.717, 1.165) is 16.9 Å². The lowest BCUT2D eigenvalue weighted by molar-refractivity contribution is 0.252. The normalized spacial score (nSPS) is 10.5. The fourth-order valence-corrected chi connectivity index (χ4v) is 2.60. The molecule has 0 unspecified atom stereocenters. The van der Waals surface area contributed by atoms with Crippen LogP contribution in [0.2, 0.25) is 0 Å². The van der Waals surface area contributed by atoms with E-state index in [1.54, 1.807) is 11.3 Å². The quantitative estimate of drug-likeness (QED) is 0.742. The number of hydrogen-bond donors (Lipinski definition) is 2. The van der Waals surface area contributed by atoms with Gasteiger partial charge < -0.3 is 15.2 Å². The molecule has 3 aromatic rings. The number of nitrogens with zero attached hydrogens (tertiary/aromatic N) is 2. The summed E-state index contributed by atoms with van der Waals surface area (Å²) >= 11 is 1.55. The first-order valence-electron chi connectivity index (χ1n) is 7.29. The van der Waals surface area contributed by atoms with Crippen LogP contribution in [0.5, 0.6) is 0 Å². The predicted octanol–water partition coefficient (Wildman–Crippen LogP) is 4.00. The van der Waals surface area contributed by atoms with Crippen molar-refractivity contribution in [2.75, 3.05) is 11.9 Å². The highest BCUT2D eigenvalue weighted by atomic mass is 32.1. The van der Waals surface area contributed by atoms with Gasteiger partial charge in [0.15, 0.2) is 0 Å². The number of anilines is 1. The lowest BCUT2D eigenvalue weighted by Gasteiger charge is -2.06. The van der Waals surface area contributed by atoms with Crippen LogP contribution < -0.4 is 10.6 Å². The zero-order valence-electron chi connectivity index (χ0n) is 12.6. The lowest BCUT2D eigenvalue weighted by Crippen LogP contribution is -2.29. The summed E-state index contributed by atoms with van der Waals surface area (Å²) in [6.45, 7) is 2.66. The van der Waals surface area contributed by atoms with Gasteiger partial charge in [0.25, 0.3) is 5.89 Å². The summed E-state index contributed by atoms with van der Waals surface area (Å²) in [7, 11) is 0. The van der Waals surface area contributed by atoms with Gasteiger partial charge in [0.1, 0.15) is 0 Å². The van der Waals surface area contributed by atoms with Gasteiger partial charge in [-0.25, -0.2) is 4.79 Å². The number of amides is 2. The second-order valence-electron chi connectivity index (χ2n) is 4.86. The Morgan fingerprint density at radius 1 is 1.26 bits per heavy atom. The van der Waals surface area contributed by atoms with E-state index in [9.17, 15) is 4.79 Å². The van der Waals surface area contributed by atoms with Crippen molar-refractivity contribution in [1.29, 1.82) is 0 Å². The first-order chi connectivity index (χ1) is 11.3. The van der Waals surface area contributed by atoms with E-state index in [-0.39, 0.29) is 6.03 Å². The monoisotopic (exact) mass is 328 g/mol. The largest absolute Gasteiger partial charge is 0.338 e. The third kappa shape index (κ3) is 3.75. The fourth-order valence-electron chi connectivity index (χ4n) is 1.96. The Bertz CT molecular complexity index is 766. The van der Waals surface area contributed by atoms with Crippen LogP contribution in [-0.2, 0) is 0 Å². The maximum absolute atomic E-state index is 11.6. The SMILES string of the molecule is CCCNC(=O)Nc1ccc(-c2noc(-c3cccs3)n2)cc1. The smallest absolute Gasteiger partial charge is 0.319 e. The minimum atomic E-state index is -0.209. The van der Waals surface area contributed by atoms with Crippen LogP contribution in [-0.4, -0.2) is 22.7 Å². The van der Waals surface area contributed by atoms with Gasteiger partial charge in [-0.05, 0) is 42.1 Å². The highest BCUT2D eigenvalue weighted by Crippen LogP contribution is 2.26. The molecule has 0 spiro atoms. The first kappa shape index (κ1) is 15.2. The van der Waals surface area contributed by atoms with E-state index < -0.39 is 0 Å². The van der Waals surface area contributed by atoms with Gasteiger partial charge in [0, 0.05) is 17.8 Å². The molecule has 118 valence electrons. The Balaban J connectivity index is 1.69. The number of benzene rings is 1. The van der Waals surface area contributed by atoms with Crippen molar-refractivity contribution in [3.8, 4) is 22.2 Å². The van der Waals surface area contributed by atoms with Crippen molar-refractivity contribution in [3.05, 3.63) is 41.8 Å². The van der Waals surface area contributed by atoms with Crippen LogP contribution in [0.15, 0.2) is 46.3 Å². The molecule has 0 aliphatic rings. The summed E-state index contributed by atoms with van der Waals surface area (Å²) < 4.78 is 5.27. The minimum Gasteiger partial charge on any atom is -0.338 e. The summed E-state index contributed by atoms with van der Waals surface area (Å²) in [6.07, 6.45) is 0.900. The molecule has 0 radical (unpaired) electrons. The molecule has 6 nitrogen and oxygen atoms in total. The molecule has 0 saturated heterocycles. The molecule has 0 aliphatic carbocycles. The van der Waals surface area contributed by atoms with Gasteiger partial charge in [0.05, 0.1) is 4.88 Å². The van der Waals surface area contributed by atoms with E-state index >= 15 is 0 Å². The van der Waals surface area contributed by atoms with Crippen LogP contribution in [0.1, 0.15) is 13.3 Å². The van der Waals surface area contributed by atoms with E-state index in [1.807, 2.05) is 48.7 Å². The third-order valence-corrected chi connectivity index (χ3v) is 3.95. The van der Waals surface area contributed by atoms with Gasteiger partial charge in [-0.2, -0.15) is 4.98 Å². The molecular formula is C16H16N4O2S. The molecule has 0 atom stereocenters. The van der Waals surface area contributed by atoms with E-state index in [0.29, 0.717) is 23.9 Å². The molecule has 23 heavy (non-hydrogen) atoms. The Kier molecular flexibility index (Phi) is 4.68. The van der Waals surface area contributed by atoms with Crippen molar-refractivity contribution in [1.82, 2.24) is 15.5 Å². The summed E-state index contributed by atoms with van der Waals surface area (Å²) in [5.41, 5.74) is 1.54. The van der Waals surface area contributed by atoms with Crippen molar-refractivity contribution in [2.24, 2.45) is 0 Å². The molecule has 2 heterocycles. The standard InChI is InChI=1S/C16H16N4O2S/c1-2-9-17-16(21)18-12-7-5-11(6-8-12)14-19-15(22-20-14)13-4-3-10-23-13/h3-8,10H,2,9H2,1H3,(H2,17,18,21). The molecule has 0 saturated carbocycles. The topological polar surface area (TPSA) is 80.0 Å². The minimum absolute atomic E-state index is 0.209. The van der Waals surface area contributed by atoms with Gasteiger partial charge in [-0.15, -0.1) is 11.3 Å². The van der Waals surface area contributed by atoms with Crippen LogP contribution in [0.25, 0.3) is 22.2 Å². The van der Waals surface area contributed by atoms with Crippen molar-refractivity contribution in [2.45, 2.75) is 13.3 Å². The Morgan fingerprint density at radius 3 is 2.78 bits per heavy atom. The molecule has 2 amide bonds. The van der Waals surface area contributed by atoms with Crippen LogP contribution in [0.3, 0.4) is 0 Å². The molecule has 2 aromatic heterocycles. The molecule has 2 N–H and O–H groups in total. The van der Waals surface area contributed by atoms with Crippen LogP contribution in [0, 0.1) is 0 Å². The number of carbonyl (C=O) groups is 1. The van der Waals surface area contributed by atoms with Crippen molar-refractivity contribution < 1.29 is 9.32 Å². The second kappa shape index (κ2) is 7.06. The fraction of sp³-hybridized carbons (Fsp3) is 0.188. The second-order valence-corrected chi connectivity index (χ2v) is 5.81. The van der Waals surface area contributed by atoms with Gasteiger partial charge >= 0.3 is 6.03 Å². The zero-order chi connectivity index (χ0) is 16.1. The Morgan fingerprint density at radius 2 is 2.09 bits per heavy atom. The highest BCUT2D eigenvalue weighted by molar-refractivity contribution is 7.13. The number of nitrogens with one attached hydrogen (secondary N) is 2. The zero-order valence-corrected chi connectivity index (χ0v) is 13.4. The molecule has 0 bridgehead atoms. The van der Waals surface area contributed by atoms with Crippen molar-refractivity contribution in [3.63, 3.8) is 0 Å². The van der Waals surface area contributed by atoms with E-state index in [2.05, 4.69) is 20.8 Å². The average Bonchev–Trinajstić information content (AvgIpc) is 3.24. The summed E-state index contributed by atoms with van der Waals surface area (Å²) in [5.74, 6) is 1.03. The summed E-state index contributed by atoms with van der Waals surface area (Å²) in [5, 5.41) is 11.5. The number of rotatable bonds is 5. The van der Waals surface area contributed by atoms with E-state index in [4.69, 9.17) is 4.52 Å². The predicted molar refractivity (Wildman–Crippen MR) is 90.4 cm³/mol. The summed E-state index contributed by atoms with van der Waals surface area (Å²) in [6, 6.07) is 11.0. The maximum atomic E-state index is 11.6. The molecule has 7 heteroatoms. The number of hydrogen-bond acceptors (Lipinski definition) is 5. The van der Waals surface area contributed by atoms with Gasteiger partial charge in [0.2, 0.25) is 5.82 Å². The van der Waals surface area contributed by atoms with Gasteiger partial charge in [-0.1, -0.05) is 18.1 Å². The molecule has 0 aliphatic heterocycles. The number of urea groups is 1. The molecule has 0 fully saturated rings. The Hall–Kier alpha value is -2.67. The van der Waals surface area contributed by atoms with E-state index in [1.165, 1.54) is 0 Å². The van der Waals surface area contributed by atoms with Gasteiger partial charge in [-0.3, -0.25) is 0 Å². The highest BCUT2D eigenvalue weighted by Gasteiger charge is 2.11. The number of aromatic nitrogens is 2. The Labute approximate surface area is 137 Å². The number of thiophene rings is 1. The first-order valence-corrected chi connectivity index (χ1v) is 8.17. The molecule has 1 aromatic carbocycles. The maximum Gasteiger partial charge on any atom is 0.319 e. The molecule has 3 rings (SSSR count).